The minimum atomic E-state index is -0.826. The van der Waals surface area contributed by atoms with Crippen LogP contribution in [0.15, 0.2) is 23.2 Å². The van der Waals surface area contributed by atoms with Crippen molar-refractivity contribution in [3.8, 4) is 5.75 Å². The monoisotopic (exact) mass is 447 g/mol. The van der Waals surface area contributed by atoms with Gasteiger partial charge in [-0.15, -0.1) is 0 Å². The molecule has 1 aliphatic rings. The van der Waals surface area contributed by atoms with E-state index in [0.717, 1.165) is 17.0 Å². The molecule has 0 aromatic heterocycles. The molecule has 0 bridgehead atoms. The van der Waals surface area contributed by atoms with Gasteiger partial charge in [0.2, 0.25) is 0 Å². The van der Waals surface area contributed by atoms with E-state index in [0.29, 0.717) is 17.7 Å². The van der Waals surface area contributed by atoms with Gasteiger partial charge in [0.25, 0.3) is 0 Å². The van der Waals surface area contributed by atoms with E-state index < -0.39 is 20.8 Å². The number of rotatable bonds is 2. The van der Waals surface area contributed by atoms with E-state index in [9.17, 15) is 5.11 Å². The molecule has 3 unspecified atom stereocenters. The number of hydrogen-bond acceptors (Lipinski definition) is 2. The van der Waals surface area contributed by atoms with Gasteiger partial charge < -0.3 is 5.11 Å². The molecule has 1 aromatic carbocycles. The molecule has 0 amide bonds. The Morgan fingerprint density at radius 2 is 1.83 bits per heavy atom. The van der Waals surface area contributed by atoms with E-state index in [-0.39, 0.29) is 5.41 Å². The first-order valence-electron chi connectivity index (χ1n) is 8.54. The van der Waals surface area contributed by atoms with Gasteiger partial charge in [-0.25, -0.2) is 0 Å². The van der Waals surface area contributed by atoms with Crippen molar-refractivity contribution in [1.29, 1.82) is 0 Å². The van der Waals surface area contributed by atoms with Gasteiger partial charge in [-0.1, -0.05) is 59.6 Å². The third-order valence-corrected chi connectivity index (χ3v) is 4.94. The van der Waals surface area contributed by atoms with Gasteiger partial charge in [0.15, 0.2) is 0 Å². The topological polar surface area (TPSA) is 32.6 Å². The summed E-state index contributed by atoms with van der Waals surface area (Å²) < 4.78 is 0. The average molecular weight is 450 g/mol. The van der Waals surface area contributed by atoms with Crippen LogP contribution in [0.5, 0.6) is 5.75 Å². The molecule has 134 valence electrons. The first-order valence-corrected chi connectivity index (χ1v) is 14.9. The fourth-order valence-corrected chi connectivity index (χ4v) is 3.21. The van der Waals surface area contributed by atoms with Crippen molar-refractivity contribution < 1.29 is 26.0 Å². The van der Waals surface area contributed by atoms with E-state index in [4.69, 9.17) is 22.0 Å². The van der Waals surface area contributed by atoms with Gasteiger partial charge in [0.1, 0.15) is 5.75 Å². The van der Waals surface area contributed by atoms with Crippen LogP contribution in [-0.2, 0) is 26.3 Å². The SMILES string of the molecule is CC1CCCC(N=Cc2cccc(C(C)(C)C)c2O)C1C.[Cl][Zr][Cl]. The first kappa shape index (κ1) is 22.2. The van der Waals surface area contributed by atoms with Gasteiger partial charge >= 0.3 is 37.9 Å². The van der Waals surface area contributed by atoms with Gasteiger partial charge in [-0.05, 0) is 35.3 Å². The van der Waals surface area contributed by atoms with Gasteiger partial charge in [-0.3, -0.25) is 4.99 Å². The molecule has 1 N–H and O–H groups in total. The van der Waals surface area contributed by atoms with E-state index >= 15 is 0 Å². The van der Waals surface area contributed by atoms with Crippen LogP contribution >= 0.6 is 17.0 Å². The molecular weight excluding hydrogens is 420 g/mol. The molecule has 1 saturated carbocycles. The van der Waals surface area contributed by atoms with Crippen LogP contribution in [0, 0.1) is 11.8 Å². The van der Waals surface area contributed by atoms with Crippen LogP contribution in [0.2, 0.25) is 0 Å². The summed E-state index contributed by atoms with van der Waals surface area (Å²) in [6.45, 7) is 11.0. The van der Waals surface area contributed by atoms with Crippen molar-refractivity contribution in [1.82, 2.24) is 0 Å². The molecule has 5 heteroatoms. The van der Waals surface area contributed by atoms with Crippen molar-refractivity contribution in [2.45, 2.75) is 65.3 Å². The Morgan fingerprint density at radius 3 is 2.42 bits per heavy atom. The number of aliphatic imine (C=N–C) groups is 1. The zero-order valence-electron chi connectivity index (χ0n) is 15.3. The van der Waals surface area contributed by atoms with Crippen molar-refractivity contribution in [3.05, 3.63) is 29.3 Å². The number of para-hydroxylation sites is 1. The Bertz CT molecular complexity index is 543. The molecule has 3 atom stereocenters. The molecule has 24 heavy (non-hydrogen) atoms. The summed E-state index contributed by atoms with van der Waals surface area (Å²) in [6, 6.07) is 6.35. The standard InChI is InChI=1S/C19H29NO.2ClH.Zr/c1-13-8-6-11-17(14(13)2)20-12-15-9-7-10-16(18(15)21)19(3,4)5;;;/h7,9-10,12-14,17,21H,6,8,11H2,1-5H3;2*1H;/q;;;+2/p-2. The second kappa shape index (κ2) is 10.3. The number of benzene rings is 1. The molecule has 1 aromatic rings. The Morgan fingerprint density at radius 1 is 1.21 bits per heavy atom. The fourth-order valence-electron chi connectivity index (χ4n) is 3.21. The van der Waals surface area contributed by atoms with E-state index in [2.05, 4.69) is 34.6 Å². The number of aromatic hydroxyl groups is 1. The third kappa shape index (κ3) is 6.47. The third-order valence-electron chi connectivity index (χ3n) is 4.94. The maximum atomic E-state index is 10.5. The summed E-state index contributed by atoms with van der Waals surface area (Å²) in [5.41, 5.74) is 1.77. The number of hydrogen-bond donors (Lipinski definition) is 1. The van der Waals surface area contributed by atoms with Crippen molar-refractivity contribution in [2.75, 3.05) is 0 Å². The summed E-state index contributed by atoms with van der Waals surface area (Å²) in [5, 5.41) is 10.5. The quantitative estimate of drug-likeness (QED) is 0.527. The molecule has 0 aliphatic heterocycles. The van der Waals surface area contributed by atoms with Crippen LogP contribution < -0.4 is 0 Å². The van der Waals surface area contributed by atoms with Crippen LogP contribution in [0.4, 0.5) is 0 Å². The van der Waals surface area contributed by atoms with Gasteiger partial charge in [0.05, 0.1) is 6.04 Å². The van der Waals surface area contributed by atoms with E-state index in [1.54, 1.807) is 0 Å². The second-order valence-corrected chi connectivity index (χ2v) is 11.4. The van der Waals surface area contributed by atoms with Crippen LogP contribution in [0.1, 0.15) is 65.0 Å². The molecule has 2 rings (SSSR count). The summed E-state index contributed by atoms with van der Waals surface area (Å²) in [6.07, 6.45) is 5.63. The summed E-state index contributed by atoms with van der Waals surface area (Å²) >= 11 is -0.826. The molecular formula is C19H29Cl2NOZr. The molecule has 1 aliphatic carbocycles. The molecule has 0 radical (unpaired) electrons. The van der Waals surface area contributed by atoms with Gasteiger partial charge in [-0.2, -0.15) is 0 Å². The average Bonchev–Trinajstić information content (AvgIpc) is 2.49. The normalized spacial score (nSPS) is 24.4. The van der Waals surface area contributed by atoms with Crippen molar-refractivity contribution in [2.24, 2.45) is 16.8 Å². The summed E-state index contributed by atoms with van der Waals surface area (Å²) in [4.78, 5) is 4.78. The second-order valence-electron chi connectivity index (χ2n) is 7.68. The molecule has 0 heterocycles. The van der Waals surface area contributed by atoms with Crippen LogP contribution in [0.3, 0.4) is 0 Å². The summed E-state index contributed by atoms with van der Waals surface area (Å²) in [5.74, 6) is 1.75. The predicted molar refractivity (Wildman–Crippen MR) is 102 cm³/mol. The molecule has 1 fully saturated rings. The maximum absolute atomic E-state index is 10.5. The molecule has 2 nitrogen and oxygen atoms in total. The Balaban J connectivity index is 0.000000891. The summed E-state index contributed by atoms with van der Waals surface area (Å²) in [7, 11) is 9.87. The first-order chi connectivity index (χ1) is 11.2. The van der Waals surface area contributed by atoms with Crippen molar-refractivity contribution >= 4 is 23.2 Å². The number of halogens is 2. The zero-order chi connectivity index (χ0) is 18.3. The fraction of sp³-hybridized carbons (Fsp3) is 0.632. The van der Waals surface area contributed by atoms with Crippen molar-refractivity contribution in [3.63, 3.8) is 0 Å². The van der Waals surface area contributed by atoms with Crippen LogP contribution in [0.25, 0.3) is 0 Å². The zero-order valence-corrected chi connectivity index (χ0v) is 19.3. The minimum absolute atomic E-state index is 0.0550. The predicted octanol–water partition coefficient (Wildman–Crippen LogP) is 6.31. The van der Waals surface area contributed by atoms with E-state index in [1.165, 1.54) is 19.3 Å². The molecule has 0 spiro atoms. The Hall–Kier alpha value is 0.153. The number of nitrogens with zero attached hydrogens (tertiary/aromatic N) is 1. The van der Waals surface area contributed by atoms with E-state index in [1.807, 2.05) is 24.4 Å². The van der Waals surface area contributed by atoms with Crippen LogP contribution in [-0.4, -0.2) is 17.4 Å². The number of phenolic OH excluding ortho intramolecular Hbond substituents is 1. The van der Waals surface area contributed by atoms with Gasteiger partial charge in [0, 0.05) is 11.8 Å². The Labute approximate surface area is 165 Å². The number of phenols is 1. The molecule has 0 saturated heterocycles. The Kier molecular flexibility index (Phi) is 9.56.